The van der Waals surface area contributed by atoms with Crippen molar-refractivity contribution < 1.29 is 13.2 Å². The Labute approximate surface area is 160 Å². The molecule has 1 aromatic carbocycles. The predicted molar refractivity (Wildman–Crippen MR) is 107 cm³/mol. The van der Waals surface area contributed by atoms with Gasteiger partial charge in [0.1, 0.15) is 5.82 Å². The number of rotatable bonds is 7. The van der Waals surface area contributed by atoms with Crippen LogP contribution in [0.25, 0.3) is 0 Å². The third kappa shape index (κ3) is 4.05. The molecule has 3 rings (SSSR count). The zero-order valence-electron chi connectivity index (χ0n) is 15.8. The number of pyridine rings is 1. The molecule has 1 amide bonds. The van der Waals surface area contributed by atoms with Crippen LogP contribution in [0.2, 0.25) is 0 Å². The summed E-state index contributed by atoms with van der Waals surface area (Å²) < 4.78 is 27.9. The summed E-state index contributed by atoms with van der Waals surface area (Å²) in [4.78, 5) is 19.8. The van der Waals surface area contributed by atoms with Crippen LogP contribution in [0.3, 0.4) is 0 Å². The van der Waals surface area contributed by atoms with Crippen molar-refractivity contribution in [3.63, 3.8) is 0 Å². The maximum Gasteiger partial charge on any atom is 0.261 e. The molecule has 0 unspecified atom stereocenters. The number of hydrogen-bond acceptors (Lipinski definition) is 5. The monoisotopic (exact) mass is 388 g/mol. The van der Waals surface area contributed by atoms with Gasteiger partial charge >= 0.3 is 0 Å². The van der Waals surface area contributed by atoms with Gasteiger partial charge in [-0.15, -0.1) is 0 Å². The maximum absolute atomic E-state index is 12.7. The Kier molecular flexibility index (Phi) is 5.36. The van der Waals surface area contributed by atoms with Gasteiger partial charge < -0.3 is 9.80 Å². The summed E-state index contributed by atoms with van der Waals surface area (Å²) in [5.74, 6) is 0.755. The second kappa shape index (κ2) is 7.56. The highest BCUT2D eigenvalue weighted by Gasteiger charge is 2.26. The molecule has 1 aromatic heterocycles. The highest BCUT2D eigenvalue weighted by atomic mass is 32.2. The quantitative estimate of drug-likeness (QED) is 0.788. The van der Waals surface area contributed by atoms with E-state index in [4.69, 9.17) is 0 Å². The van der Waals surface area contributed by atoms with Crippen LogP contribution in [-0.4, -0.2) is 39.9 Å². The van der Waals surface area contributed by atoms with Crippen molar-refractivity contribution in [1.29, 1.82) is 0 Å². The van der Waals surface area contributed by atoms with E-state index in [1.165, 1.54) is 17.2 Å². The Morgan fingerprint density at radius 2 is 2.04 bits per heavy atom. The average Bonchev–Trinajstić information content (AvgIpc) is 2.93. The zero-order chi connectivity index (χ0) is 19.6. The number of carbonyl (C=O) groups excluding carboxylic acids is 1. The van der Waals surface area contributed by atoms with E-state index in [2.05, 4.69) is 16.6 Å². The molecule has 0 atom stereocenters. The van der Waals surface area contributed by atoms with Gasteiger partial charge in [0.15, 0.2) is 0 Å². The molecule has 1 N–H and O–H groups in total. The number of aromatic nitrogens is 1. The Morgan fingerprint density at radius 3 is 2.70 bits per heavy atom. The first-order valence-corrected chi connectivity index (χ1v) is 10.4. The molecule has 2 heterocycles. The molecule has 8 heteroatoms. The second-order valence-electron chi connectivity index (χ2n) is 6.71. The van der Waals surface area contributed by atoms with E-state index in [0.717, 1.165) is 36.5 Å². The number of fused-ring (bicyclic) bond motifs is 1. The Hall–Kier alpha value is -2.61. The van der Waals surface area contributed by atoms with Gasteiger partial charge in [0.05, 0.1) is 23.2 Å². The molecule has 0 spiro atoms. The molecule has 1 aliphatic rings. The summed E-state index contributed by atoms with van der Waals surface area (Å²) in [5, 5.41) is 0. The highest BCUT2D eigenvalue weighted by molar-refractivity contribution is 7.92. The van der Waals surface area contributed by atoms with Gasteiger partial charge in [-0.2, -0.15) is 0 Å². The van der Waals surface area contributed by atoms with Crippen LogP contribution in [0.1, 0.15) is 25.3 Å². The molecule has 1 aliphatic heterocycles. The second-order valence-corrected chi connectivity index (χ2v) is 8.39. The van der Waals surface area contributed by atoms with Gasteiger partial charge in [0, 0.05) is 26.3 Å². The van der Waals surface area contributed by atoms with Crippen LogP contribution in [0.5, 0.6) is 0 Å². The van der Waals surface area contributed by atoms with Crippen molar-refractivity contribution in [2.24, 2.45) is 0 Å². The molecule has 0 bridgehead atoms. The van der Waals surface area contributed by atoms with Crippen LogP contribution in [0, 0.1) is 0 Å². The van der Waals surface area contributed by atoms with E-state index in [0.29, 0.717) is 5.69 Å². The largest absolute Gasteiger partial charge is 0.360 e. The van der Waals surface area contributed by atoms with Crippen molar-refractivity contribution in [2.45, 2.75) is 31.1 Å². The Morgan fingerprint density at radius 1 is 1.26 bits per heavy atom. The number of carbonyl (C=O) groups is 1. The van der Waals surface area contributed by atoms with Crippen molar-refractivity contribution in [3.8, 4) is 0 Å². The molecular formula is C19H24N4O3S. The number of benzene rings is 1. The van der Waals surface area contributed by atoms with E-state index in [1.807, 2.05) is 11.9 Å². The molecule has 0 aliphatic carbocycles. The molecular weight excluding hydrogens is 364 g/mol. The lowest BCUT2D eigenvalue weighted by molar-refractivity contribution is -0.117. The van der Waals surface area contributed by atoms with Crippen LogP contribution in [0.4, 0.5) is 17.2 Å². The fourth-order valence-corrected chi connectivity index (χ4v) is 4.10. The number of anilines is 3. The summed E-state index contributed by atoms with van der Waals surface area (Å²) in [6, 6.07) is 8.23. The Bertz CT molecular complexity index is 942. The first-order chi connectivity index (χ1) is 12.8. The van der Waals surface area contributed by atoms with E-state index in [-0.39, 0.29) is 17.2 Å². The van der Waals surface area contributed by atoms with Gasteiger partial charge in [-0.25, -0.2) is 13.4 Å². The van der Waals surface area contributed by atoms with Crippen molar-refractivity contribution in [3.05, 3.63) is 42.1 Å². The number of hydrogen-bond donors (Lipinski definition) is 1. The summed E-state index contributed by atoms with van der Waals surface area (Å²) in [7, 11) is -0.102. The van der Waals surface area contributed by atoms with Crippen LogP contribution < -0.4 is 14.5 Å². The highest BCUT2D eigenvalue weighted by Crippen LogP contribution is 2.30. The van der Waals surface area contributed by atoms with Crippen molar-refractivity contribution in [2.75, 3.05) is 35.2 Å². The lowest BCUT2D eigenvalue weighted by atomic mass is 10.2. The minimum absolute atomic E-state index is 0.0421. The average molecular weight is 388 g/mol. The molecule has 0 fully saturated rings. The van der Waals surface area contributed by atoms with Crippen LogP contribution >= 0.6 is 0 Å². The fraction of sp³-hybridized carbons (Fsp3) is 0.368. The zero-order valence-corrected chi connectivity index (χ0v) is 16.6. The van der Waals surface area contributed by atoms with E-state index < -0.39 is 10.0 Å². The van der Waals surface area contributed by atoms with Gasteiger partial charge in [0.25, 0.3) is 10.0 Å². The van der Waals surface area contributed by atoms with Gasteiger partial charge in [-0.3, -0.25) is 9.52 Å². The third-order valence-electron chi connectivity index (χ3n) is 4.68. The SMILES string of the molecule is CCCCN(C)c1ccc(NS(=O)(=O)c2ccc3c(c2)CC(=O)N3C)cn1. The number of nitrogens with one attached hydrogen (secondary N) is 1. The van der Waals surface area contributed by atoms with E-state index >= 15 is 0 Å². The number of unbranched alkanes of at least 4 members (excludes halogenated alkanes) is 1. The predicted octanol–water partition coefficient (Wildman–Crippen LogP) is 2.64. The first kappa shape index (κ1) is 19.2. The molecule has 27 heavy (non-hydrogen) atoms. The third-order valence-corrected chi connectivity index (χ3v) is 6.06. The van der Waals surface area contributed by atoms with Crippen molar-refractivity contribution >= 4 is 33.1 Å². The summed E-state index contributed by atoms with van der Waals surface area (Å²) in [6.07, 6.45) is 3.91. The lowest BCUT2D eigenvalue weighted by Crippen LogP contribution is -2.20. The van der Waals surface area contributed by atoms with E-state index in [9.17, 15) is 13.2 Å². The van der Waals surface area contributed by atoms with Crippen molar-refractivity contribution in [1.82, 2.24) is 4.98 Å². The molecule has 0 saturated heterocycles. The smallest absolute Gasteiger partial charge is 0.261 e. The molecule has 7 nitrogen and oxygen atoms in total. The number of amides is 1. The molecule has 2 aromatic rings. The topological polar surface area (TPSA) is 82.6 Å². The number of sulfonamides is 1. The van der Waals surface area contributed by atoms with Crippen LogP contribution in [-0.2, 0) is 21.2 Å². The number of nitrogens with zero attached hydrogens (tertiary/aromatic N) is 3. The molecule has 144 valence electrons. The van der Waals surface area contributed by atoms with Gasteiger partial charge in [-0.05, 0) is 42.3 Å². The van der Waals surface area contributed by atoms with Gasteiger partial charge in [0.2, 0.25) is 5.91 Å². The van der Waals surface area contributed by atoms with E-state index in [1.54, 1.807) is 31.3 Å². The number of likely N-dealkylation sites (N-methyl/N-ethyl adjacent to an activating group) is 1. The minimum atomic E-state index is -3.75. The lowest BCUT2D eigenvalue weighted by Gasteiger charge is -2.18. The van der Waals surface area contributed by atoms with Gasteiger partial charge in [-0.1, -0.05) is 13.3 Å². The Balaban J connectivity index is 1.75. The van der Waals surface area contributed by atoms with Crippen LogP contribution in [0.15, 0.2) is 41.4 Å². The normalized spacial score (nSPS) is 13.6. The molecule has 0 radical (unpaired) electrons. The summed E-state index contributed by atoms with van der Waals surface area (Å²) >= 11 is 0. The fourth-order valence-electron chi connectivity index (χ4n) is 3.01. The summed E-state index contributed by atoms with van der Waals surface area (Å²) in [6.45, 7) is 3.03. The summed E-state index contributed by atoms with van der Waals surface area (Å²) in [5.41, 5.74) is 1.87. The standard InChI is InChI=1S/C19H24N4O3S/c1-4-5-10-22(2)18-9-6-15(13-20-18)21-27(25,26)16-7-8-17-14(11-16)12-19(24)23(17)3/h6-9,11,13,21H,4-5,10,12H2,1-3H3. The minimum Gasteiger partial charge on any atom is -0.360 e. The first-order valence-electron chi connectivity index (χ1n) is 8.91. The molecule has 0 saturated carbocycles. The maximum atomic E-state index is 12.7.